The molecule has 2 N–H and O–H groups in total. The molecule has 8 nitrogen and oxygen atoms in total. The number of amides is 1. The minimum absolute atomic E-state index is 0.139. The fourth-order valence-corrected chi connectivity index (χ4v) is 2.40. The van der Waals surface area contributed by atoms with Crippen LogP contribution in [0.3, 0.4) is 0 Å². The van der Waals surface area contributed by atoms with E-state index in [0.29, 0.717) is 10.6 Å². The Morgan fingerprint density at radius 1 is 1.04 bits per heavy atom. The standard InChI is InChI=1S/C17H13BrClN5O3/c18-11-7-22-17(23-8-11)27-6-5-26-16-13(9-21-15(24-16)14(20)25)10-1-3-12(19)4-2-10/h1-4,7-9H,5-6H2,(H2,20,25). The number of benzene rings is 1. The minimum atomic E-state index is -0.748. The molecule has 10 heteroatoms. The monoisotopic (exact) mass is 449 g/mol. The highest BCUT2D eigenvalue weighted by atomic mass is 79.9. The van der Waals surface area contributed by atoms with Gasteiger partial charge in [-0.1, -0.05) is 23.7 Å². The Labute approximate surface area is 167 Å². The molecule has 0 aliphatic carbocycles. The predicted molar refractivity (Wildman–Crippen MR) is 102 cm³/mol. The Bertz CT molecular complexity index is 938. The first kappa shape index (κ1) is 19.0. The topological polar surface area (TPSA) is 113 Å². The average molecular weight is 451 g/mol. The van der Waals surface area contributed by atoms with Gasteiger partial charge in [0.2, 0.25) is 11.7 Å². The lowest BCUT2D eigenvalue weighted by molar-refractivity contribution is 0.0989. The van der Waals surface area contributed by atoms with Gasteiger partial charge in [0, 0.05) is 23.6 Å². The zero-order valence-electron chi connectivity index (χ0n) is 13.8. The van der Waals surface area contributed by atoms with E-state index >= 15 is 0 Å². The molecule has 0 spiro atoms. The Kier molecular flexibility index (Phi) is 6.15. The van der Waals surface area contributed by atoms with Crippen molar-refractivity contribution >= 4 is 33.4 Å². The maximum atomic E-state index is 11.4. The molecule has 0 saturated carbocycles. The van der Waals surface area contributed by atoms with Crippen LogP contribution in [0.1, 0.15) is 10.6 Å². The summed E-state index contributed by atoms with van der Waals surface area (Å²) in [5.74, 6) is -0.677. The van der Waals surface area contributed by atoms with Crippen LogP contribution in [0.5, 0.6) is 11.9 Å². The van der Waals surface area contributed by atoms with Crippen LogP contribution >= 0.6 is 27.5 Å². The maximum absolute atomic E-state index is 11.4. The zero-order valence-corrected chi connectivity index (χ0v) is 16.1. The molecule has 1 aromatic carbocycles. The minimum Gasteiger partial charge on any atom is -0.474 e. The van der Waals surface area contributed by atoms with E-state index < -0.39 is 5.91 Å². The summed E-state index contributed by atoms with van der Waals surface area (Å²) in [6, 6.07) is 7.28. The van der Waals surface area contributed by atoms with Gasteiger partial charge in [0.1, 0.15) is 13.2 Å². The van der Waals surface area contributed by atoms with E-state index in [1.807, 2.05) is 0 Å². The van der Waals surface area contributed by atoms with Gasteiger partial charge in [0.25, 0.3) is 5.91 Å². The molecule has 138 valence electrons. The van der Waals surface area contributed by atoms with E-state index in [9.17, 15) is 4.79 Å². The summed E-state index contributed by atoms with van der Waals surface area (Å²) >= 11 is 9.17. The quantitative estimate of drug-likeness (QED) is 0.551. The Hall–Kier alpha value is -2.78. The number of nitrogens with zero attached hydrogens (tertiary/aromatic N) is 4. The van der Waals surface area contributed by atoms with E-state index in [1.165, 1.54) is 6.20 Å². The Morgan fingerprint density at radius 2 is 1.70 bits per heavy atom. The van der Waals surface area contributed by atoms with Crippen molar-refractivity contribution in [3.63, 3.8) is 0 Å². The average Bonchev–Trinajstić information content (AvgIpc) is 2.67. The zero-order chi connectivity index (χ0) is 19.2. The fraction of sp³-hybridized carbons (Fsp3) is 0.118. The van der Waals surface area contributed by atoms with Crippen LogP contribution < -0.4 is 15.2 Å². The van der Waals surface area contributed by atoms with Crippen LogP contribution in [-0.2, 0) is 0 Å². The smallest absolute Gasteiger partial charge is 0.316 e. The second kappa shape index (κ2) is 8.74. The third-order valence-corrected chi connectivity index (χ3v) is 3.94. The summed E-state index contributed by atoms with van der Waals surface area (Å²) in [5.41, 5.74) is 6.63. The molecule has 0 radical (unpaired) electrons. The predicted octanol–water partition coefficient (Wildman–Crippen LogP) is 2.91. The third kappa shape index (κ3) is 5.11. The molecule has 0 bridgehead atoms. The van der Waals surface area contributed by atoms with Gasteiger partial charge in [-0.3, -0.25) is 4.79 Å². The second-order valence-corrected chi connectivity index (χ2v) is 6.52. The van der Waals surface area contributed by atoms with Crippen molar-refractivity contribution in [1.82, 2.24) is 19.9 Å². The lowest BCUT2D eigenvalue weighted by atomic mass is 10.1. The molecule has 0 unspecified atom stereocenters. The second-order valence-electron chi connectivity index (χ2n) is 5.16. The van der Waals surface area contributed by atoms with Crippen LogP contribution in [0.25, 0.3) is 11.1 Å². The van der Waals surface area contributed by atoms with Crippen molar-refractivity contribution in [3.8, 4) is 23.0 Å². The van der Waals surface area contributed by atoms with Crippen molar-refractivity contribution in [2.75, 3.05) is 13.2 Å². The Morgan fingerprint density at radius 3 is 2.37 bits per heavy atom. The van der Waals surface area contributed by atoms with E-state index in [4.69, 9.17) is 26.8 Å². The van der Waals surface area contributed by atoms with Gasteiger partial charge in [-0.05, 0) is 33.6 Å². The maximum Gasteiger partial charge on any atom is 0.316 e. The van der Waals surface area contributed by atoms with Crippen LogP contribution in [0, 0.1) is 0 Å². The first-order chi connectivity index (χ1) is 13.0. The highest BCUT2D eigenvalue weighted by Crippen LogP contribution is 2.28. The largest absolute Gasteiger partial charge is 0.474 e. The molecule has 2 aromatic heterocycles. The summed E-state index contributed by atoms with van der Waals surface area (Å²) in [6.45, 7) is 0.326. The summed E-state index contributed by atoms with van der Waals surface area (Å²) in [6.07, 6.45) is 4.63. The van der Waals surface area contributed by atoms with Crippen LogP contribution in [0.4, 0.5) is 0 Å². The molecule has 3 aromatic rings. The van der Waals surface area contributed by atoms with Gasteiger partial charge < -0.3 is 15.2 Å². The highest BCUT2D eigenvalue weighted by molar-refractivity contribution is 9.10. The summed E-state index contributed by atoms with van der Waals surface area (Å²) in [4.78, 5) is 27.4. The number of nitrogens with two attached hydrogens (primary N) is 1. The van der Waals surface area contributed by atoms with E-state index in [0.717, 1.165) is 10.0 Å². The van der Waals surface area contributed by atoms with Crippen LogP contribution in [-0.4, -0.2) is 39.1 Å². The van der Waals surface area contributed by atoms with Gasteiger partial charge in [-0.15, -0.1) is 0 Å². The number of ether oxygens (including phenoxy) is 2. The van der Waals surface area contributed by atoms with Crippen molar-refractivity contribution < 1.29 is 14.3 Å². The first-order valence-corrected chi connectivity index (χ1v) is 8.86. The van der Waals surface area contributed by atoms with Crippen molar-refractivity contribution in [3.05, 3.63) is 58.2 Å². The molecular weight excluding hydrogens is 438 g/mol. The van der Waals surface area contributed by atoms with Crippen LogP contribution in [0.15, 0.2) is 47.3 Å². The Balaban J connectivity index is 1.73. The highest BCUT2D eigenvalue weighted by Gasteiger charge is 2.14. The lowest BCUT2D eigenvalue weighted by Gasteiger charge is -2.11. The number of hydrogen-bond donors (Lipinski definition) is 1. The molecule has 0 fully saturated rings. The molecule has 0 aliphatic heterocycles. The number of carbonyl (C=O) groups excluding carboxylic acids is 1. The molecule has 2 heterocycles. The number of rotatable bonds is 7. The van der Waals surface area contributed by atoms with Gasteiger partial charge in [0.05, 0.1) is 10.0 Å². The number of primary amides is 1. The number of hydrogen-bond acceptors (Lipinski definition) is 7. The normalized spacial score (nSPS) is 10.4. The molecule has 0 saturated heterocycles. The van der Waals surface area contributed by atoms with Crippen LogP contribution in [0.2, 0.25) is 5.02 Å². The van der Waals surface area contributed by atoms with E-state index in [1.54, 1.807) is 36.7 Å². The van der Waals surface area contributed by atoms with E-state index in [2.05, 4.69) is 35.9 Å². The molecular formula is C17H13BrClN5O3. The van der Waals surface area contributed by atoms with Gasteiger partial charge >= 0.3 is 6.01 Å². The van der Waals surface area contributed by atoms with Crippen molar-refractivity contribution in [1.29, 1.82) is 0 Å². The van der Waals surface area contributed by atoms with Gasteiger partial charge in [0.15, 0.2) is 0 Å². The number of aromatic nitrogens is 4. The third-order valence-electron chi connectivity index (χ3n) is 3.28. The van der Waals surface area contributed by atoms with E-state index in [-0.39, 0.29) is 30.9 Å². The van der Waals surface area contributed by atoms with Gasteiger partial charge in [-0.25, -0.2) is 15.0 Å². The molecule has 1 amide bonds. The van der Waals surface area contributed by atoms with Crippen molar-refractivity contribution in [2.24, 2.45) is 5.73 Å². The number of carbonyl (C=O) groups is 1. The summed E-state index contributed by atoms with van der Waals surface area (Å²) in [7, 11) is 0. The van der Waals surface area contributed by atoms with Crippen molar-refractivity contribution in [2.45, 2.75) is 0 Å². The number of halogens is 2. The fourth-order valence-electron chi connectivity index (χ4n) is 2.07. The SMILES string of the molecule is NC(=O)c1ncc(-c2ccc(Cl)cc2)c(OCCOc2ncc(Br)cn2)n1. The van der Waals surface area contributed by atoms with Gasteiger partial charge in [-0.2, -0.15) is 4.98 Å². The lowest BCUT2D eigenvalue weighted by Crippen LogP contribution is -2.17. The summed E-state index contributed by atoms with van der Waals surface area (Å²) in [5, 5.41) is 0.596. The first-order valence-electron chi connectivity index (χ1n) is 7.69. The molecule has 27 heavy (non-hydrogen) atoms. The molecule has 3 rings (SSSR count). The summed E-state index contributed by atoms with van der Waals surface area (Å²) < 4.78 is 11.8. The molecule has 0 atom stereocenters. The molecule has 0 aliphatic rings.